The summed E-state index contributed by atoms with van der Waals surface area (Å²) in [5, 5.41) is 7.53. The summed E-state index contributed by atoms with van der Waals surface area (Å²) in [6.45, 7) is 4.16. The van der Waals surface area contributed by atoms with Crippen LogP contribution in [0.5, 0.6) is 5.75 Å². The average molecular weight is 434 g/mol. The predicted molar refractivity (Wildman–Crippen MR) is 124 cm³/mol. The van der Waals surface area contributed by atoms with Crippen molar-refractivity contribution in [2.75, 3.05) is 12.0 Å². The van der Waals surface area contributed by atoms with Crippen molar-refractivity contribution in [2.45, 2.75) is 26.4 Å². The van der Waals surface area contributed by atoms with E-state index in [1.807, 2.05) is 61.7 Å². The summed E-state index contributed by atoms with van der Waals surface area (Å²) in [5.74, 6) is 0.452. The maximum atomic E-state index is 13.8. The normalized spacial score (nSPS) is 11.1. The molecule has 158 valence electrons. The van der Waals surface area contributed by atoms with Gasteiger partial charge in [-0.1, -0.05) is 24.3 Å². The van der Waals surface area contributed by atoms with Crippen LogP contribution < -0.4 is 15.2 Å². The molecule has 2 aromatic carbocycles. The highest BCUT2D eigenvalue weighted by Crippen LogP contribution is 2.26. The Morgan fingerprint density at radius 1 is 1.06 bits per heavy atom. The lowest BCUT2D eigenvalue weighted by Crippen LogP contribution is -2.34. The lowest BCUT2D eigenvalue weighted by molar-refractivity contribution is 0.0979. The van der Waals surface area contributed by atoms with Crippen LogP contribution in [0, 0.1) is 0 Å². The first-order valence-electron chi connectivity index (χ1n) is 9.99. The predicted octanol–water partition coefficient (Wildman–Crippen LogP) is 4.89. The Bertz CT molecular complexity index is 1260. The molecule has 0 N–H and O–H groups in total. The maximum absolute atomic E-state index is 13.8. The molecule has 0 saturated carbocycles. The number of anilines is 1. The lowest BCUT2D eigenvalue weighted by atomic mass is 10.1. The van der Waals surface area contributed by atoms with E-state index in [1.54, 1.807) is 41.5 Å². The van der Waals surface area contributed by atoms with E-state index < -0.39 is 0 Å². The number of ether oxygens (including phenoxy) is 1. The summed E-state index contributed by atoms with van der Waals surface area (Å²) in [6, 6.07) is 18.3. The van der Waals surface area contributed by atoms with Crippen LogP contribution in [0.2, 0.25) is 0 Å². The number of hydrogen-bond acceptors (Lipinski definition) is 5. The number of benzene rings is 2. The minimum Gasteiger partial charge on any atom is -0.497 e. The Morgan fingerprint density at radius 3 is 2.39 bits per heavy atom. The quantitative estimate of drug-likeness (QED) is 0.434. The minimum absolute atomic E-state index is 0.171. The molecule has 0 bridgehead atoms. The molecule has 7 heteroatoms. The molecule has 6 nitrogen and oxygen atoms in total. The van der Waals surface area contributed by atoms with E-state index >= 15 is 0 Å². The first kappa shape index (κ1) is 20.8. The average Bonchev–Trinajstić information content (AvgIpc) is 3.31. The van der Waals surface area contributed by atoms with Gasteiger partial charge in [-0.25, -0.2) is 4.68 Å². The summed E-state index contributed by atoms with van der Waals surface area (Å²) in [6.07, 6.45) is 0. The molecule has 0 unspecified atom stereocenters. The molecule has 1 amide bonds. The van der Waals surface area contributed by atoms with E-state index in [0.29, 0.717) is 23.1 Å². The minimum atomic E-state index is -0.260. The van der Waals surface area contributed by atoms with Crippen molar-refractivity contribution >= 4 is 33.7 Å². The smallest absolute Gasteiger partial charge is 0.279 e. The van der Waals surface area contributed by atoms with Crippen molar-refractivity contribution in [1.82, 2.24) is 9.78 Å². The highest BCUT2D eigenvalue weighted by Gasteiger charge is 2.24. The number of hydrogen-bond donors (Lipinski definition) is 0. The Hall–Kier alpha value is -3.45. The van der Waals surface area contributed by atoms with E-state index in [4.69, 9.17) is 4.74 Å². The number of aromatic nitrogens is 2. The van der Waals surface area contributed by atoms with Crippen LogP contribution in [-0.2, 0) is 6.54 Å². The van der Waals surface area contributed by atoms with Gasteiger partial charge in [0.2, 0.25) is 0 Å². The van der Waals surface area contributed by atoms with Gasteiger partial charge in [-0.05, 0) is 55.6 Å². The first-order valence-corrected chi connectivity index (χ1v) is 10.9. The molecule has 0 aliphatic rings. The fraction of sp³-hybridized carbons (Fsp3) is 0.208. The highest BCUT2D eigenvalue weighted by atomic mass is 32.1. The van der Waals surface area contributed by atoms with Gasteiger partial charge >= 0.3 is 0 Å². The zero-order valence-electron chi connectivity index (χ0n) is 17.6. The number of methoxy groups -OCH3 is 1. The van der Waals surface area contributed by atoms with Gasteiger partial charge in [-0.15, -0.1) is 11.3 Å². The Morgan fingerprint density at radius 2 is 1.77 bits per heavy atom. The monoisotopic (exact) mass is 433 g/mol. The van der Waals surface area contributed by atoms with Gasteiger partial charge in [0, 0.05) is 16.0 Å². The van der Waals surface area contributed by atoms with Crippen LogP contribution in [0.1, 0.15) is 35.3 Å². The van der Waals surface area contributed by atoms with Gasteiger partial charge in [0.25, 0.3) is 11.5 Å². The molecule has 0 spiro atoms. The number of carbonyl (C=O) groups excluding carboxylic acids is 1. The Labute approximate surface area is 184 Å². The van der Waals surface area contributed by atoms with E-state index in [0.717, 1.165) is 10.6 Å². The van der Waals surface area contributed by atoms with Crippen LogP contribution in [0.4, 0.5) is 5.69 Å². The molecule has 0 saturated heterocycles. The SMILES string of the molecule is COc1ccc(N(Cc2cccs2)C(=O)c2nn(C(C)C)c(=O)c3ccccc23)cc1. The standard InChI is InChI=1S/C24H23N3O3S/c1-16(2)27-23(28)21-9-5-4-8-20(21)22(25-27)24(29)26(15-19-7-6-14-31-19)17-10-12-18(30-3)13-11-17/h4-14,16H,15H2,1-3H3. The lowest BCUT2D eigenvalue weighted by Gasteiger charge is -2.23. The maximum Gasteiger partial charge on any atom is 0.279 e. The van der Waals surface area contributed by atoms with Crippen molar-refractivity contribution in [3.05, 3.63) is 87.0 Å². The molecule has 0 fully saturated rings. The number of carbonyl (C=O) groups is 1. The van der Waals surface area contributed by atoms with Gasteiger partial charge in [0.15, 0.2) is 5.69 Å². The van der Waals surface area contributed by atoms with Crippen LogP contribution in [0.15, 0.2) is 70.8 Å². The summed E-state index contributed by atoms with van der Waals surface area (Å²) >= 11 is 1.59. The molecule has 4 aromatic rings. The highest BCUT2D eigenvalue weighted by molar-refractivity contribution is 7.09. The molecule has 0 atom stereocenters. The number of nitrogens with zero attached hydrogens (tertiary/aromatic N) is 3. The third kappa shape index (κ3) is 4.09. The Kier molecular flexibility index (Phi) is 5.86. The van der Waals surface area contributed by atoms with Crippen molar-refractivity contribution in [1.29, 1.82) is 0 Å². The molecule has 2 heterocycles. The molecular formula is C24H23N3O3S. The zero-order valence-corrected chi connectivity index (χ0v) is 18.4. The van der Waals surface area contributed by atoms with E-state index in [1.165, 1.54) is 4.68 Å². The van der Waals surface area contributed by atoms with E-state index in [-0.39, 0.29) is 23.2 Å². The fourth-order valence-electron chi connectivity index (χ4n) is 3.44. The van der Waals surface area contributed by atoms with Crippen molar-refractivity contribution in [3.8, 4) is 5.75 Å². The van der Waals surface area contributed by atoms with Gasteiger partial charge in [-0.3, -0.25) is 9.59 Å². The summed E-state index contributed by atoms with van der Waals surface area (Å²) in [4.78, 5) is 29.5. The summed E-state index contributed by atoms with van der Waals surface area (Å²) < 4.78 is 6.64. The van der Waals surface area contributed by atoms with Crippen LogP contribution in [0.25, 0.3) is 10.8 Å². The molecule has 0 radical (unpaired) electrons. The molecule has 2 aromatic heterocycles. The largest absolute Gasteiger partial charge is 0.497 e. The fourth-order valence-corrected chi connectivity index (χ4v) is 4.14. The van der Waals surface area contributed by atoms with Gasteiger partial charge in [-0.2, -0.15) is 5.10 Å². The second-order valence-electron chi connectivity index (χ2n) is 7.41. The van der Waals surface area contributed by atoms with E-state index in [2.05, 4.69) is 5.10 Å². The summed E-state index contributed by atoms with van der Waals surface area (Å²) in [7, 11) is 1.61. The van der Waals surface area contributed by atoms with Gasteiger partial charge in [0.05, 0.1) is 25.1 Å². The van der Waals surface area contributed by atoms with E-state index in [9.17, 15) is 9.59 Å². The number of rotatable bonds is 6. The van der Waals surface area contributed by atoms with Crippen molar-refractivity contribution in [2.24, 2.45) is 0 Å². The summed E-state index contributed by atoms with van der Waals surface area (Å²) in [5.41, 5.74) is 0.792. The number of thiophene rings is 1. The number of amides is 1. The van der Waals surface area contributed by atoms with Crippen LogP contribution in [0.3, 0.4) is 0 Å². The van der Waals surface area contributed by atoms with Gasteiger partial charge in [0.1, 0.15) is 5.75 Å². The molecule has 31 heavy (non-hydrogen) atoms. The second kappa shape index (κ2) is 8.73. The first-order chi connectivity index (χ1) is 15.0. The van der Waals surface area contributed by atoms with Crippen LogP contribution >= 0.6 is 11.3 Å². The third-order valence-electron chi connectivity index (χ3n) is 5.04. The molecule has 0 aliphatic heterocycles. The van der Waals surface area contributed by atoms with Crippen molar-refractivity contribution < 1.29 is 9.53 Å². The molecular weight excluding hydrogens is 410 g/mol. The van der Waals surface area contributed by atoms with Crippen LogP contribution in [-0.4, -0.2) is 22.8 Å². The van der Waals surface area contributed by atoms with Crippen molar-refractivity contribution in [3.63, 3.8) is 0 Å². The molecule has 4 rings (SSSR count). The second-order valence-corrected chi connectivity index (χ2v) is 8.44. The zero-order chi connectivity index (χ0) is 22.0. The molecule has 0 aliphatic carbocycles. The number of fused-ring (bicyclic) bond motifs is 1. The third-order valence-corrected chi connectivity index (χ3v) is 5.90. The van der Waals surface area contributed by atoms with Gasteiger partial charge < -0.3 is 9.64 Å². The topological polar surface area (TPSA) is 64.4 Å². The Balaban J connectivity index is 1.87.